The summed E-state index contributed by atoms with van der Waals surface area (Å²) in [5.41, 5.74) is 7.19. The monoisotopic (exact) mass is 354 g/mol. The fourth-order valence-corrected chi connectivity index (χ4v) is 4.14. The van der Waals surface area contributed by atoms with E-state index in [4.69, 9.17) is 5.73 Å². The number of hydrogen-bond donors (Lipinski definition) is 3. The van der Waals surface area contributed by atoms with Crippen LogP contribution in [0.1, 0.15) is 57.1 Å². The lowest BCUT2D eigenvalue weighted by Gasteiger charge is -2.27. The number of aliphatic hydroxyl groups excluding tert-OH is 1. The fourth-order valence-electron chi connectivity index (χ4n) is 4.14. The van der Waals surface area contributed by atoms with Crippen LogP contribution in [0.4, 0.5) is 0 Å². The summed E-state index contributed by atoms with van der Waals surface area (Å²) in [5, 5.41) is 15.6. The maximum atomic E-state index is 12.5. The number of carbonyl (C=O) groups excluding carboxylic acids is 1. The summed E-state index contributed by atoms with van der Waals surface area (Å²) in [6.07, 6.45) is 5.64. The van der Waals surface area contributed by atoms with E-state index in [0.29, 0.717) is 5.92 Å². The van der Waals surface area contributed by atoms with E-state index in [0.717, 1.165) is 35.6 Å². The SMILES string of the molecule is C[C@@H](NC(=O)C(O)[C@H](N)CC1CCCCC1)c1cccc2ccccc12. The van der Waals surface area contributed by atoms with Gasteiger partial charge >= 0.3 is 0 Å². The third kappa shape index (κ3) is 4.43. The molecule has 0 radical (unpaired) electrons. The van der Waals surface area contributed by atoms with Gasteiger partial charge in [-0.25, -0.2) is 0 Å². The van der Waals surface area contributed by atoms with E-state index >= 15 is 0 Å². The van der Waals surface area contributed by atoms with Gasteiger partial charge in [0.25, 0.3) is 5.91 Å². The summed E-state index contributed by atoms with van der Waals surface area (Å²) in [6, 6.07) is 13.5. The molecular weight excluding hydrogens is 324 g/mol. The number of hydrogen-bond acceptors (Lipinski definition) is 3. The number of rotatable bonds is 6. The van der Waals surface area contributed by atoms with Crippen LogP contribution in [-0.4, -0.2) is 23.2 Å². The van der Waals surface area contributed by atoms with Gasteiger partial charge in [0.1, 0.15) is 6.10 Å². The number of aliphatic hydroxyl groups is 1. The smallest absolute Gasteiger partial charge is 0.250 e. The molecule has 2 aromatic rings. The number of carbonyl (C=O) groups is 1. The molecule has 0 bridgehead atoms. The van der Waals surface area contributed by atoms with Gasteiger partial charge in [-0.15, -0.1) is 0 Å². The predicted octanol–water partition coefficient (Wildman–Crippen LogP) is 3.68. The summed E-state index contributed by atoms with van der Waals surface area (Å²) in [5.74, 6) is 0.158. The second kappa shape index (κ2) is 8.65. The highest BCUT2D eigenvalue weighted by Crippen LogP contribution is 2.28. The Morgan fingerprint density at radius 1 is 1.15 bits per heavy atom. The fraction of sp³-hybridized carbons (Fsp3) is 0.500. The first-order valence-electron chi connectivity index (χ1n) is 9.78. The first kappa shape index (κ1) is 18.9. The zero-order valence-corrected chi connectivity index (χ0v) is 15.5. The van der Waals surface area contributed by atoms with Crippen LogP contribution >= 0.6 is 0 Å². The van der Waals surface area contributed by atoms with Crippen LogP contribution in [0, 0.1) is 5.92 Å². The lowest BCUT2D eigenvalue weighted by Crippen LogP contribution is -2.47. The van der Waals surface area contributed by atoms with Crippen LogP contribution in [0.2, 0.25) is 0 Å². The van der Waals surface area contributed by atoms with Crippen molar-refractivity contribution in [2.24, 2.45) is 11.7 Å². The van der Waals surface area contributed by atoms with Crippen LogP contribution in [0.5, 0.6) is 0 Å². The molecule has 1 amide bonds. The van der Waals surface area contributed by atoms with Crippen LogP contribution in [0.25, 0.3) is 10.8 Å². The Kier molecular flexibility index (Phi) is 6.28. The number of fused-ring (bicyclic) bond motifs is 1. The molecule has 3 atom stereocenters. The molecule has 1 aliphatic carbocycles. The zero-order valence-electron chi connectivity index (χ0n) is 15.5. The summed E-state index contributed by atoms with van der Waals surface area (Å²) in [4.78, 5) is 12.5. The molecule has 1 saturated carbocycles. The number of benzene rings is 2. The molecule has 4 N–H and O–H groups in total. The van der Waals surface area contributed by atoms with Crippen LogP contribution in [0.3, 0.4) is 0 Å². The van der Waals surface area contributed by atoms with Crippen molar-refractivity contribution in [3.63, 3.8) is 0 Å². The lowest BCUT2D eigenvalue weighted by molar-refractivity contribution is -0.131. The van der Waals surface area contributed by atoms with Crippen molar-refractivity contribution in [3.05, 3.63) is 48.0 Å². The van der Waals surface area contributed by atoms with Crippen molar-refractivity contribution < 1.29 is 9.90 Å². The molecule has 1 aliphatic rings. The van der Waals surface area contributed by atoms with Gasteiger partial charge in [-0.2, -0.15) is 0 Å². The summed E-state index contributed by atoms with van der Waals surface area (Å²) in [7, 11) is 0. The van der Waals surface area contributed by atoms with E-state index < -0.39 is 12.1 Å². The summed E-state index contributed by atoms with van der Waals surface area (Å²) in [6.45, 7) is 1.94. The Hall–Kier alpha value is -1.91. The molecule has 2 aromatic carbocycles. The van der Waals surface area contributed by atoms with Crippen molar-refractivity contribution in [3.8, 4) is 0 Å². The largest absolute Gasteiger partial charge is 0.382 e. The van der Waals surface area contributed by atoms with Crippen molar-refractivity contribution in [2.75, 3.05) is 0 Å². The van der Waals surface area contributed by atoms with Gasteiger partial charge in [0.05, 0.1) is 6.04 Å². The molecule has 4 nitrogen and oxygen atoms in total. The average Bonchev–Trinajstić information content (AvgIpc) is 2.67. The average molecular weight is 354 g/mol. The van der Waals surface area contributed by atoms with E-state index in [1.165, 1.54) is 19.3 Å². The molecule has 4 heteroatoms. The molecule has 26 heavy (non-hydrogen) atoms. The molecule has 3 rings (SSSR count). The summed E-state index contributed by atoms with van der Waals surface area (Å²) >= 11 is 0. The van der Waals surface area contributed by atoms with Crippen molar-refractivity contribution in [1.29, 1.82) is 0 Å². The highest BCUT2D eigenvalue weighted by atomic mass is 16.3. The second-order valence-corrected chi connectivity index (χ2v) is 7.65. The van der Waals surface area contributed by atoms with E-state index in [2.05, 4.69) is 23.5 Å². The Morgan fingerprint density at radius 3 is 2.62 bits per heavy atom. The summed E-state index contributed by atoms with van der Waals surface area (Å²) < 4.78 is 0. The first-order chi connectivity index (χ1) is 12.6. The molecule has 1 fully saturated rings. The molecule has 0 spiro atoms. The molecule has 0 aliphatic heterocycles. The minimum absolute atomic E-state index is 0.190. The standard InChI is InChI=1S/C22H30N2O2/c1-15(18-13-7-11-17-10-5-6-12-19(17)18)24-22(26)21(25)20(23)14-16-8-3-2-4-9-16/h5-7,10-13,15-16,20-21,25H,2-4,8-9,14,23H2,1H3,(H,24,26)/t15-,20-,21?/m1/s1. The highest BCUT2D eigenvalue weighted by Gasteiger charge is 2.27. The molecule has 0 saturated heterocycles. The Bertz CT molecular complexity index is 735. The topological polar surface area (TPSA) is 75.3 Å². The third-order valence-electron chi connectivity index (χ3n) is 5.65. The van der Waals surface area contributed by atoms with E-state index in [-0.39, 0.29) is 11.9 Å². The Labute approximate surface area is 155 Å². The van der Waals surface area contributed by atoms with Gasteiger partial charge in [-0.3, -0.25) is 4.79 Å². The van der Waals surface area contributed by atoms with Gasteiger partial charge in [0.15, 0.2) is 0 Å². The minimum atomic E-state index is -1.16. The Morgan fingerprint density at radius 2 is 1.85 bits per heavy atom. The van der Waals surface area contributed by atoms with Gasteiger partial charge in [0, 0.05) is 6.04 Å². The van der Waals surface area contributed by atoms with Crippen LogP contribution in [0.15, 0.2) is 42.5 Å². The molecule has 140 valence electrons. The minimum Gasteiger partial charge on any atom is -0.382 e. The van der Waals surface area contributed by atoms with Crippen LogP contribution in [-0.2, 0) is 4.79 Å². The van der Waals surface area contributed by atoms with Gasteiger partial charge < -0.3 is 16.2 Å². The number of nitrogens with two attached hydrogens (primary N) is 1. The second-order valence-electron chi connectivity index (χ2n) is 7.65. The van der Waals surface area contributed by atoms with Gasteiger partial charge in [-0.05, 0) is 35.6 Å². The molecule has 1 unspecified atom stereocenters. The van der Waals surface area contributed by atoms with Gasteiger partial charge in [-0.1, -0.05) is 74.6 Å². The molecule has 0 heterocycles. The van der Waals surface area contributed by atoms with E-state index in [9.17, 15) is 9.90 Å². The van der Waals surface area contributed by atoms with Crippen LogP contribution < -0.4 is 11.1 Å². The van der Waals surface area contributed by atoms with Crippen molar-refractivity contribution in [2.45, 2.75) is 63.6 Å². The molecule has 0 aromatic heterocycles. The predicted molar refractivity (Wildman–Crippen MR) is 106 cm³/mol. The maximum absolute atomic E-state index is 12.5. The maximum Gasteiger partial charge on any atom is 0.250 e. The normalized spacial score (nSPS) is 19.0. The van der Waals surface area contributed by atoms with Crippen molar-refractivity contribution >= 4 is 16.7 Å². The van der Waals surface area contributed by atoms with Gasteiger partial charge in [0.2, 0.25) is 0 Å². The van der Waals surface area contributed by atoms with E-state index in [1.807, 2.05) is 31.2 Å². The Balaban J connectivity index is 1.62. The van der Waals surface area contributed by atoms with Crippen molar-refractivity contribution in [1.82, 2.24) is 5.32 Å². The quantitative estimate of drug-likeness (QED) is 0.741. The third-order valence-corrected chi connectivity index (χ3v) is 5.65. The highest BCUT2D eigenvalue weighted by molar-refractivity contribution is 5.87. The van der Waals surface area contributed by atoms with E-state index in [1.54, 1.807) is 0 Å². The lowest BCUT2D eigenvalue weighted by atomic mass is 9.84. The zero-order chi connectivity index (χ0) is 18.5. The first-order valence-corrected chi connectivity index (χ1v) is 9.78. The number of nitrogens with one attached hydrogen (secondary N) is 1. The molecular formula is C22H30N2O2. The number of amides is 1.